The summed E-state index contributed by atoms with van der Waals surface area (Å²) in [5, 5.41) is 180. The van der Waals surface area contributed by atoms with Crippen molar-refractivity contribution >= 4 is 5.97 Å². The van der Waals surface area contributed by atoms with E-state index in [1.165, 1.54) is 21.1 Å². The first-order chi connectivity index (χ1) is 46.4. The molecule has 10 fully saturated rings. The van der Waals surface area contributed by atoms with Crippen LogP contribution in [-0.4, -0.2) is 331 Å². The fourth-order valence-corrected chi connectivity index (χ4v) is 18.8. The minimum atomic E-state index is -2.08. The molecule has 0 radical (unpaired) electrons. The van der Waals surface area contributed by atoms with E-state index < -0.39 is 245 Å². The number of rotatable bonds is 22. The predicted octanol–water partition coefficient (Wildman–Crippen LogP) is -4.42. The number of carbonyl (C=O) groups excluding carboxylic acids is 1. The van der Waals surface area contributed by atoms with Gasteiger partial charge in [-0.1, -0.05) is 52.7 Å². The normalized spacial score (nSPS) is 52.6. The van der Waals surface area contributed by atoms with Crippen LogP contribution < -0.4 is 0 Å². The van der Waals surface area contributed by atoms with Crippen LogP contribution in [0.1, 0.15) is 106 Å². The zero-order valence-electron chi connectivity index (χ0n) is 56.9. The lowest BCUT2D eigenvalue weighted by Gasteiger charge is -2.60. The standard InChI is InChI=1S/C66H108O32/c1-25(2)11-10-17-65(7)36-16-18-64(6)30-14-13-29-27(28(30)19-37(71)66(36,64)62(83)98-65)12-15-38(63(29,4)5)93-61-55(43(76)35(24-86-61)92-57-48(81)53(41(74)33(22-69)88-57)95-58-46(79)51(84-8)39(72)31(20-67)89-58)97-56-45(78)44(77)50(26(3)87-56)94-60-49(82)54(42(75)34(23-70)91-60)96-59-47(80)52(85-9)40(73)32(21-68)90-59/h19,25-27,29-61,67-82H,10-18,20-24H2,1-9H3/t26-,27+,29+,30+,31+,32+,33+,34+,35+,36+,37-,38-,39+,40+,41+,42+,43-,44-,45-,46+,47+,48+,49+,50-,51-,52-,53-,54-,55+,56+,57-,58-,59-,60-,61-,64-,65-,66-/m0/s1. The van der Waals surface area contributed by atoms with Crippen molar-refractivity contribution in [2.75, 3.05) is 47.3 Å². The van der Waals surface area contributed by atoms with E-state index in [0.29, 0.717) is 18.8 Å². The third-order valence-electron chi connectivity index (χ3n) is 24.3. The fraction of sp³-hybridized carbons (Fsp3) is 0.955. The topological polar surface area (TPSA) is 479 Å². The summed E-state index contributed by atoms with van der Waals surface area (Å²) >= 11 is 0. The van der Waals surface area contributed by atoms with Crippen molar-refractivity contribution in [1.29, 1.82) is 0 Å². The van der Waals surface area contributed by atoms with Crippen molar-refractivity contribution in [1.82, 2.24) is 0 Å². The third kappa shape index (κ3) is 13.4. The molecule has 7 aliphatic heterocycles. The van der Waals surface area contributed by atoms with Gasteiger partial charge in [-0.25, -0.2) is 0 Å². The van der Waals surface area contributed by atoms with Gasteiger partial charge < -0.3 is 153 Å². The molecular weight excluding hydrogens is 1300 g/mol. The Kier molecular flexibility index (Phi) is 24.0. The summed E-state index contributed by atoms with van der Waals surface area (Å²) < 4.78 is 90.0. The Labute approximate surface area is 568 Å². The van der Waals surface area contributed by atoms with Crippen molar-refractivity contribution in [3.63, 3.8) is 0 Å². The van der Waals surface area contributed by atoms with E-state index in [1.807, 2.05) is 13.0 Å². The second kappa shape index (κ2) is 30.5. The molecule has 32 heteroatoms. The van der Waals surface area contributed by atoms with Crippen LogP contribution in [0.4, 0.5) is 0 Å². The molecule has 38 atom stereocenters. The molecule has 7 heterocycles. The number of allylic oxidation sites excluding steroid dienone is 1. The number of fused-ring (bicyclic) bond motifs is 4. The summed E-state index contributed by atoms with van der Waals surface area (Å²) in [6.07, 6.45) is -42.2. The molecule has 3 saturated carbocycles. The lowest BCUT2D eigenvalue weighted by atomic mass is 9.44. The second-order valence-corrected chi connectivity index (χ2v) is 30.5. The van der Waals surface area contributed by atoms with Crippen molar-refractivity contribution in [2.45, 2.75) is 302 Å². The minimum Gasteiger partial charge on any atom is -0.459 e. The van der Waals surface area contributed by atoms with Gasteiger partial charge in [-0.2, -0.15) is 0 Å². The molecule has 16 N–H and O–H groups in total. The Hall–Kier alpha value is -1.99. The van der Waals surface area contributed by atoms with Gasteiger partial charge in [0.25, 0.3) is 0 Å². The van der Waals surface area contributed by atoms with E-state index in [4.69, 9.17) is 71.1 Å². The van der Waals surface area contributed by atoms with E-state index >= 15 is 0 Å². The maximum atomic E-state index is 14.6. The Bertz CT molecular complexity index is 2680. The molecule has 0 aromatic heterocycles. The average molecular weight is 1410 g/mol. The number of methoxy groups -OCH3 is 2. The summed E-state index contributed by atoms with van der Waals surface area (Å²) in [5.74, 6) is -0.0411. The number of ether oxygens (including phenoxy) is 15. The first kappa shape index (κ1) is 77.1. The first-order valence-corrected chi connectivity index (χ1v) is 34.8. The van der Waals surface area contributed by atoms with Gasteiger partial charge in [0.15, 0.2) is 37.7 Å². The van der Waals surface area contributed by atoms with Crippen LogP contribution in [0.3, 0.4) is 0 Å². The molecule has 1 spiro atoms. The summed E-state index contributed by atoms with van der Waals surface area (Å²) in [7, 11) is 2.36. The number of aliphatic hydroxyl groups excluding tert-OH is 16. The highest BCUT2D eigenvalue weighted by Crippen LogP contribution is 2.74. The van der Waals surface area contributed by atoms with E-state index in [-0.39, 0.29) is 29.6 Å². The maximum absolute atomic E-state index is 14.6. The average Bonchev–Trinajstić information content (AvgIpc) is 1.48. The molecule has 0 aromatic carbocycles. The molecule has 7 saturated heterocycles. The lowest BCUT2D eigenvalue weighted by molar-refractivity contribution is -0.397. The van der Waals surface area contributed by atoms with Gasteiger partial charge in [-0.3, -0.25) is 4.79 Å². The number of esters is 1. The molecule has 11 rings (SSSR count). The van der Waals surface area contributed by atoms with Crippen LogP contribution >= 0.6 is 0 Å². The van der Waals surface area contributed by atoms with Crippen LogP contribution in [-0.2, 0) is 75.8 Å². The van der Waals surface area contributed by atoms with E-state index in [1.54, 1.807) is 0 Å². The zero-order valence-corrected chi connectivity index (χ0v) is 56.9. The second-order valence-electron chi connectivity index (χ2n) is 30.5. The molecular formula is C66H108O32. The molecule has 4 aliphatic carbocycles. The van der Waals surface area contributed by atoms with Gasteiger partial charge in [0.05, 0.1) is 51.3 Å². The van der Waals surface area contributed by atoms with Crippen LogP contribution in [0.2, 0.25) is 0 Å². The Morgan fingerprint density at radius 3 is 1.51 bits per heavy atom. The van der Waals surface area contributed by atoms with Gasteiger partial charge >= 0.3 is 5.97 Å². The number of hydrogen-bond donors (Lipinski definition) is 16. The van der Waals surface area contributed by atoms with Gasteiger partial charge in [0.1, 0.15) is 145 Å². The number of carbonyl (C=O) groups is 1. The number of cyclic esters (lactones) is 1. The monoisotopic (exact) mass is 1410 g/mol. The van der Waals surface area contributed by atoms with Gasteiger partial charge in [0.2, 0.25) is 0 Å². The van der Waals surface area contributed by atoms with Crippen molar-refractivity contribution in [2.24, 2.45) is 45.8 Å². The summed E-state index contributed by atoms with van der Waals surface area (Å²) in [4.78, 5) is 14.6. The molecule has 32 nitrogen and oxygen atoms in total. The fourth-order valence-electron chi connectivity index (χ4n) is 18.8. The predicted molar refractivity (Wildman–Crippen MR) is 327 cm³/mol. The van der Waals surface area contributed by atoms with E-state index in [2.05, 4.69) is 34.6 Å². The van der Waals surface area contributed by atoms with Crippen molar-refractivity contribution in [3.8, 4) is 0 Å². The van der Waals surface area contributed by atoms with Gasteiger partial charge in [-0.05, 0) is 99.7 Å². The molecule has 11 aliphatic rings. The van der Waals surface area contributed by atoms with Gasteiger partial charge in [0, 0.05) is 20.1 Å². The highest BCUT2D eigenvalue weighted by atomic mass is 16.8. The van der Waals surface area contributed by atoms with E-state index in [0.717, 1.165) is 50.5 Å². The molecule has 0 unspecified atom stereocenters. The SMILES string of the molecule is CO[C@@H]1[C@@H](O)[C@H](O[C@@H]2[C@@H](O)[C@H](O[C@@H]3[C@@H](O)[C@H](O)[C@@H](O[C@H]4[C@H](O[C@H]5CC[C@@H]6C7=C[C@H](O)[C@]89C(=O)O[C@@](C)(CCCC(C)C)[C@H]8CC[C@@]9(C)[C@@H]7CC[C@H]6C5(C)C)OC[C@@H](O[C@@H]5O[C@H](CO)[C@@H](O)[C@H](O[C@@H]6O[C@H](CO)[C@@H](O)[C@H](OC)[C@H]6O)[C@H]5O)[C@@H]4O)O[C@H]3C)O[C@H](CO)[C@H]2O)O[C@H](CO)[C@H]1O. The van der Waals surface area contributed by atoms with E-state index in [9.17, 15) is 86.5 Å². The van der Waals surface area contributed by atoms with Crippen molar-refractivity contribution in [3.05, 3.63) is 11.6 Å². The highest BCUT2D eigenvalue weighted by molar-refractivity contribution is 5.84. The summed E-state index contributed by atoms with van der Waals surface area (Å²) in [6, 6.07) is 0. The summed E-state index contributed by atoms with van der Waals surface area (Å²) in [6.45, 7) is 10.4. The quantitative estimate of drug-likeness (QED) is 0.0276. The largest absolute Gasteiger partial charge is 0.459 e. The Balaban J connectivity index is 0.830. The molecule has 0 amide bonds. The Morgan fingerprint density at radius 2 is 1.00 bits per heavy atom. The highest BCUT2D eigenvalue weighted by Gasteiger charge is 2.78. The molecule has 98 heavy (non-hydrogen) atoms. The lowest BCUT2D eigenvalue weighted by Crippen LogP contribution is -2.67. The van der Waals surface area contributed by atoms with Crippen LogP contribution in [0.15, 0.2) is 11.6 Å². The van der Waals surface area contributed by atoms with Crippen LogP contribution in [0.5, 0.6) is 0 Å². The number of hydrogen-bond acceptors (Lipinski definition) is 32. The van der Waals surface area contributed by atoms with Gasteiger partial charge in [-0.15, -0.1) is 0 Å². The third-order valence-corrected chi connectivity index (χ3v) is 24.3. The summed E-state index contributed by atoms with van der Waals surface area (Å²) in [5.41, 5.74) is -1.91. The molecule has 0 aromatic rings. The minimum absolute atomic E-state index is 0.00472. The first-order valence-electron chi connectivity index (χ1n) is 34.8. The maximum Gasteiger partial charge on any atom is 0.316 e. The number of aliphatic hydroxyl groups is 16. The van der Waals surface area contributed by atoms with Crippen LogP contribution in [0, 0.1) is 45.8 Å². The van der Waals surface area contributed by atoms with Crippen LogP contribution in [0.25, 0.3) is 0 Å². The zero-order chi connectivity index (χ0) is 71.2. The molecule has 0 bridgehead atoms. The molecule has 564 valence electrons. The Morgan fingerprint density at radius 1 is 0.520 bits per heavy atom. The smallest absolute Gasteiger partial charge is 0.316 e. The van der Waals surface area contributed by atoms with Crippen molar-refractivity contribution < 1.29 is 158 Å².